The summed E-state index contributed by atoms with van der Waals surface area (Å²) in [5.41, 5.74) is 4.35. The summed E-state index contributed by atoms with van der Waals surface area (Å²) in [6.45, 7) is 0. The molecule has 1 saturated heterocycles. The maximum atomic E-state index is 12.1. The van der Waals surface area contributed by atoms with Gasteiger partial charge in [0.1, 0.15) is 5.54 Å². The molecule has 20 heavy (non-hydrogen) atoms. The largest absolute Gasteiger partial charge is 0.479 e. The summed E-state index contributed by atoms with van der Waals surface area (Å²) in [5, 5.41) is 11.9. The van der Waals surface area contributed by atoms with Crippen LogP contribution in [0.1, 0.15) is 27.1 Å². The number of hydrogen-bond acceptors (Lipinski definition) is 4. The first-order chi connectivity index (χ1) is 9.44. The van der Waals surface area contributed by atoms with Crippen molar-refractivity contribution in [3.05, 3.63) is 35.4 Å². The monoisotopic (exact) mass is 294 g/mol. The Balaban J connectivity index is 2.21. The minimum Gasteiger partial charge on any atom is -0.479 e. The van der Waals surface area contributed by atoms with Crippen LogP contribution in [0.4, 0.5) is 0 Å². The van der Waals surface area contributed by atoms with Crippen molar-refractivity contribution >= 4 is 29.5 Å². The maximum Gasteiger partial charge on any atom is 0.330 e. The summed E-state index contributed by atoms with van der Waals surface area (Å²) in [6, 6.07) is 5.90. The summed E-state index contributed by atoms with van der Waals surface area (Å²) in [6.07, 6.45) is 0.383. The fraction of sp³-hybridized carbons (Fsp3) is 0.308. The molecule has 1 aromatic carbocycles. The molecule has 1 heterocycles. The lowest BCUT2D eigenvalue weighted by Gasteiger charge is -2.24. The summed E-state index contributed by atoms with van der Waals surface area (Å²) in [5.74, 6) is -1.17. The van der Waals surface area contributed by atoms with E-state index in [9.17, 15) is 19.5 Å². The molecule has 1 atom stereocenters. The normalized spacial score (nSPS) is 21.4. The van der Waals surface area contributed by atoms with Gasteiger partial charge in [-0.15, -0.1) is 0 Å². The zero-order valence-corrected chi connectivity index (χ0v) is 11.4. The Morgan fingerprint density at radius 2 is 2.00 bits per heavy atom. The zero-order valence-electron chi connectivity index (χ0n) is 10.6. The van der Waals surface area contributed by atoms with Gasteiger partial charge in [-0.3, -0.25) is 9.59 Å². The molecule has 2 rings (SSSR count). The predicted molar refractivity (Wildman–Crippen MR) is 74.7 cm³/mol. The second-order valence-electron chi connectivity index (χ2n) is 4.59. The number of aliphatic carboxylic acids is 1. The van der Waals surface area contributed by atoms with Gasteiger partial charge in [0.25, 0.3) is 5.91 Å². The van der Waals surface area contributed by atoms with Gasteiger partial charge in [0.15, 0.2) is 0 Å². The van der Waals surface area contributed by atoms with Gasteiger partial charge in [-0.1, -0.05) is 6.07 Å². The number of primary amides is 1. The number of carboxylic acids is 1. The zero-order chi connectivity index (χ0) is 14.8. The fourth-order valence-electron chi connectivity index (χ4n) is 1.99. The van der Waals surface area contributed by atoms with Crippen LogP contribution in [0.5, 0.6) is 0 Å². The predicted octanol–water partition coefficient (Wildman–Crippen LogP) is 0.476. The molecule has 106 valence electrons. The van der Waals surface area contributed by atoms with E-state index in [0.717, 1.165) is 0 Å². The fourth-order valence-corrected chi connectivity index (χ4v) is 3.31. The van der Waals surface area contributed by atoms with Crippen LogP contribution in [0.25, 0.3) is 0 Å². The van der Waals surface area contributed by atoms with Gasteiger partial charge in [-0.05, 0) is 30.4 Å². The Labute approximate surface area is 119 Å². The van der Waals surface area contributed by atoms with Crippen molar-refractivity contribution < 1.29 is 19.5 Å². The molecule has 0 saturated carbocycles. The molecule has 4 N–H and O–H groups in total. The highest BCUT2D eigenvalue weighted by molar-refractivity contribution is 7.99. The van der Waals surface area contributed by atoms with E-state index >= 15 is 0 Å². The molecule has 1 aromatic rings. The van der Waals surface area contributed by atoms with E-state index in [4.69, 9.17) is 5.73 Å². The summed E-state index contributed by atoms with van der Waals surface area (Å²) >= 11 is 1.48. The SMILES string of the molecule is NC(=O)c1cccc(C(=O)NC2(C(=O)O)CCSC2)c1. The van der Waals surface area contributed by atoms with Gasteiger partial charge in [0, 0.05) is 16.9 Å². The number of carbonyl (C=O) groups excluding carboxylic acids is 2. The first-order valence-electron chi connectivity index (χ1n) is 5.98. The highest BCUT2D eigenvalue weighted by Crippen LogP contribution is 2.28. The molecular formula is C13H14N2O4S. The topological polar surface area (TPSA) is 109 Å². The Hall–Kier alpha value is -2.02. The van der Waals surface area contributed by atoms with E-state index in [-0.39, 0.29) is 11.1 Å². The molecule has 1 fully saturated rings. The van der Waals surface area contributed by atoms with Crippen molar-refractivity contribution in [1.29, 1.82) is 0 Å². The highest BCUT2D eigenvalue weighted by atomic mass is 32.2. The molecule has 0 spiro atoms. The van der Waals surface area contributed by atoms with Gasteiger partial charge in [0.2, 0.25) is 5.91 Å². The van der Waals surface area contributed by atoms with Crippen molar-refractivity contribution in [3.8, 4) is 0 Å². The van der Waals surface area contributed by atoms with Gasteiger partial charge >= 0.3 is 5.97 Å². The van der Waals surface area contributed by atoms with Crippen LogP contribution in [-0.4, -0.2) is 39.9 Å². The lowest BCUT2D eigenvalue weighted by molar-refractivity contribution is -0.143. The van der Waals surface area contributed by atoms with Crippen molar-refractivity contribution in [1.82, 2.24) is 5.32 Å². The van der Waals surface area contributed by atoms with Crippen LogP contribution in [0.2, 0.25) is 0 Å². The molecular weight excluding hydrogens is 280 g/mol. The summed E-state index contributed by atoms with van der Waals surface area (Å²) < 4.78 is 0. The Morgan fingerprint density at radius 1 is 1.30 bits per heavy atom. The van der Waals surface area contributed by atoms with Crippen LogP contribution in [0.3, 0.4) is 0 Å². The van der Waals surface area contributed by atoms with E-state index in [1.165, 1.54) is 36.0 Å². The van der Waals surface area contributed by atoms with Crippen molar-refractivity contribution in [3.63, 3.8) is 0 Å². The number of nitrogens with two attached hydrogens (primary N) is 1. The molecule has 6 nitrogen and oxygen atoms in total. The van der Waals surface area contributed by atoms with Gasteiger partial charge < -0.3 is 16.2 Å². The number of amides is 2. The van der Waals surface area contributed by atoms with E-state index in [2.05, 4.69) is 5.32 Å². The van der Waals surface area contributed by atoms with Crippen LogP contribution in [0, 0.1) is 0 Å². The average Bonchev–Trinajstić information content (AvgIpc) is 2.88. The third-order valence-corrected chi connectivity index (χ3v) is 4.38. The standard InChI is InChI=1S/C13H14N2O4S/c14-10(16)8-2-1-3-9(6-8)11(17)15-13(12(18)19)4-5-20-7-13/h1-3,6H,4-5,7H2,(H2,14,16)(H,15,17)(H,18,19). The summed E-state index contributed by atoms with van der Waals surface area (Å²) in [4.78, 5) is 34.6. The van der Waals surface area contributed by atoms with E-state index in [1.54, 1.807) is 0 Å². The van der Waals surface area contributed by atoms with E-state index < -0.39 is 23.3 Å². The highest BCUT2D eigenvalue weighted by Gasteiger charge is 2.43. The average molecular weight is 294 g/mol. The molecule has 0 radical (unpaired) electrons. The molecule has 7 heteroatoms. The van der Waals surface area contributed by atoms with Crippen LogP contribution >= 0.6 is 11.8 Å². The molecule has 2 amide bonds. The molecule has 1 unspecified atom stereocenters. The lowest BCUT2D eigenvalue weighted by Crippen LogP contribution is -2.54. The number of benzene rings is 1. The van der Waals surface area contributed by atoms with Crippen LogP contribution in [-0.2, 0) is 4.79 Å². The third kappa shape index (κ3) is 2.77. The van der Waals surface area contributed by atoms with Gasteiger partial charge in [-0.2, -0.15) is 11.8 Å². The van der Waals surface area contributed by atoms with Crippen LogP contribution < -0.4 is 11.1 Å². The van der Waals surface area contributed by atoms with E-state index in [0.29, 0.717) is 17.9 Å². The number of rotatable bonds is 4. The molecule has 0 bridgehead atoms. The molecule has 1 aliphatic heterocycles. The van der Waals surface area contributed by atoms with Gasteiger partial charge in [-0.25, -0.2) is 4.79 Å². The van der Waals surface area contributed by atoms with Crippen molar-refractivity contribution in [2.45, 2.75) is 12.0 Å². The molecule has 0 aromatic heterocycles. The van der Waals surface area contributed by atoms with Crippen molar-refractivity contribution in [2.75, 3.05) is 11.5 Å². The Morgan fingerprint density at radius 3 is 2.55 bits per heavy atom. The first-order valence-corrected chi connectivity index (χ1v) is 7.14. The second-order valence-corrected chi connectivity index (χ2v) is 5.69. The molecule has 0 aliphatic carbocycles. The number of carboxylic acid groups (broad SMARTS) is 1. The first kappa shape index (κ1) is 14.4. The second kappa shape index (κ2) is 5.54. The van der Waals surface area contributed by atoms with Crippen molar-refractivity contribution in [2.24, 2.45) is 5.73 Å². The quantitative estimate of drug-likeness (QED) is 0.748. The number of hydrogen-bond donors (Lipinski definition) is 3. The van der Waals surface area contributed by atoms with Crippen LogP contribution in [0.15, 0.2) is 24.3 Å². The number of carbonyl (C=O) groups is 3. The van der Waals surface area contributed by atoms with Gasteiger partial charge in [0.05, 0.1) is 0 Å². The smallest absolute Gasteiger partial charge is 0.330 e. The van der Waals surface area contributed by atoms with E-state index in [1.807, 2.05) is 0 Å². The molecule has 1 aliphatic rings. The maximum absolute atomic E-state index is 12.1. The summed E-state index contributed by atoms with van der Waals surface area (Å²) in [7, 11) is 0. The third-order valence-electron chi connectivity index (χ3n) is 3.19. The Kier molecular flexibility index (Phi) is 3.99. The Bertz CT molecular complexity index is 567. The number of nitrogens with one attached hydrogen (secondary N) is 1. The number of thioether (sulfide) groups is 1. The minimum absolute atomic E-state index is 0.211. The lowest BCUT2D eigenvalue weighted by atomic mass is 9.98. The minimum atomic E-state index is -1.23.